The zero-order valence-electron chi connectivity index (χ0n) is 34.6. The number of esters is 4. The number of hydrogen-bond donors (Lipinski definition) is 5. The summed E-state index contributed by atoms with van der Waals surface area (Å²) in [6.45, 7) is 11.5. The summed E-state index contributed by atoms with van der Waals surface area (Å²) in [5.74, 6) is -9.47. The van der Waals surface area contributed by atoms with Crippen molar-refractivity contribution in [1.82, 2.24) is 0 Å². The molecule has 0 aromatic carbocycles. The Hall–Kier alpha value is -3.51. The predicted octanol–water partition coefficient (Wildman–Crippen LogP) is 1.52. The van der Waals surface area contributed by atoms with Crippen LogP contribution in [0.1, 0.15) is 87.5 Å². The molecule has 0 bridgehead atoms. The Morgan fingerprint density at radius 3 is 2.21 bits per heavy atom. The van der Waals surface area contributed by atoms with Gasteiger partial charge in [-0.25, -0.2) is 9.59 Å². The van der Waals surface area contributed by atoms with Crippen LogP contribution in [0, 0.1) is 34.5 Å². The molecule has 4 aliphatic carbocycles. The van der Waals surface area contributed by atoms with Gasteiger partial charge in [-0.15, -0.1) is 0 Å². The topological polar surface area (TPSA) is 242 Å². The van der Waals surface area contributed by atoms with Gasteiger partial charge in [-0.3, -0.25) is 14.4 Å². The minimum atomic E-state index is -2.11. The largest absolute Gasteiger partial charge is 0.466 e. The molecule has 5 N–H and O–H groups in total. The number of aliphatic hydroxyl groups excluding tert-OH is 2. The van der Waals surface area contributed by atoms with E-state index in [1.165, 1.54) is 40.0 Å². The molecule has 0 aromatic rings. The Morgan fingerprint density at radius 2 is 1.62 bits per heavy atom. The van der Waals surface area contributed by atoms with Crippen molar-refractivity contribution in [1.29, 1.82) is 0 Å². The summed E-state index contributed by atoms with van der Waals surface area (Å²) in [7, 11) is 1.19. The highest BCUT2D eigenvalue weighted by Gasteiger charge is 2.88. The maximum Gasteiger partial charge on any atom is 0.336 e. The molecule has 0 spiro atoms. The zero-order valence-corrected chi connectivity index (χ0v) is 34.6. The van der Waals surface area contributed by atoms with Gasteiger partial charge in [-0.05, 0) is 24.5 Å². The Bertz CT molecular complexity index is 1830. The molecule has 0 aromatic heterocycles. The van der Waals surface area contributed by atoms with Crippen LogP contribution in [-0.2, 0) is 52.4 Å². The lowest BCUT2D eigenvalue weighted by molar-refractivity contribution is -0.349. The number of Topliss-reactive ketones (excluding diaryl/α,β-unsaturated/α-hetero) is 1. The van der Waals surface area contributed by atoms with Gasteiger partial charge in [-0.1, -0.05) is 52.3 Å². The molecular weight excluding hydrogens is 760 g/mol. The van der Waals surface area contributed by atoms with Crippen molar-refractivity contribution < 1.29 is 77.9 Å². The number of ether oxygens (including phenoxy) is 6. The number of carbonyl (C=O) groups is 5. The first-order valence-corrected chi connectivity index (χ1v) is 19.9. The molecule has 58 heavy (non-hydrogen) atoms. The smallest absolute Gasteiger partial charge is 0.336 e. The quantitative estimate of drug-likeness (QED) is 0.0959. The third-order valence-electron chi connectivity index (χ3n) is 14.3. The molecule has 2 saturated carbocycles. The zero-order chi connectivity index (χ0) is 43.1. The Labute approximate surface area is 337 Å². The van der Waals surface area contributed by atoms with Crippen molar-refractivity contribution in [3.63, 3.8) is 0 Å². The van der Waals surface area contributed by atoms with E-state index in [9.17, 15) is 49.5 Å². The first kappa shape index (κ1) is 44.1. The third-order valence-corrected chi connectivity index (χ3v) is 14.3. The maximum absolute atomic E-state index is 14.6. The Kier molecular flexibility index (Phi) is 11.3. The van der Waals surface area contributed by atoms with Crippen molar-refractivity contribution in [3.8, 4) is 0 Å². The van der Waals surface area contributed by atoms with Crippen molar-refractivity contribution >= 4 is 29.7 Å². The molecular formula is C42H58O16. The monoisotopic (exact) mass is 818 g/mol. The van der Waals surface area contributed by atoms with Gasteiger partial charge in [0.2, 0.25) is 0 Å². The minimum absolute atomic E-state index is 0.0376. The number of methoxy groups -OCH3 is 1. The summed E-state index contributed by atoms with van der Waals surface area (Å²) in [5.41, 5.74) is -6.82. The highest BCUT2D eigenvalue weighted by molar-refractivity contribution is 6.04. The standard InChI is InChI=1S/C42H58O16/c1-20-10-30-39(50,34(20)48)16-25(18-43)12-28-33-38(7,8)42(33,57-23(4)46)35(21(2)41(28,30)52)56-36(49)29-13-24(14-32(47)53-9)11-26(55-29)17-40(51)37(5,6)31(54-22(3)45)15-27(19-44)58-40/h10,12,14,21,26-31,33,35,43-44,50-52H,11,13,15-19H2,1-9H3/b24-14-/t21-,26+,27+,28+,29-,30-,31+,33-,35-,39-,40+,41-,42-/m1/s1. The second-order valence-corrected chi connectivity index (χ2v) is 18.3. The van der Waals surface area contributed by atoms with E-state index < -0.39 is 130 Å². The van der Waals surface area contributed by atoms with Crippen LogP contribution in [-0.4, -0.2) is 129 Å². The van der Waals surface area contributed by atoms with Crippen molar-refractivity contribution in [2.75, 3.05) is 20.3 Å². The molecule has 0 radical (unpaired) electrons. The normalized spacial score (nSPS) is 43.0. The van der Waals surface area contributed by atoms with Gasteiger partial charge in [0.1, 0.15) is 17.8 Å². The van der Waals surface area contributed by atoms with Gasteiger partial charge in [0.25, 0.3) is 0 Å². The number of ketones is 1. The molecule has 6 aliphatic rings. The fourth-order valence-corrected chi connectivity index (χ4v) is 11.2. The van der Waals surface area contributed by atoms with Crippen LogP contribution < -0.4 is 0 Å². The number of carbonyl (C=O) groups excluding carboxylic acids is 5. The highest BCUT2D eigenvalue weighted by atomic mass is 16.7. The van der Waals surface area contributed by atoms with Gasteiger partial charge < -0.3 is 54.0 Å². The van der Waals surface area contributed by atoms with E-state index in [1.54, 1.807) is 26.8 Å². The van der Waals surface area contributed by atoms with Crippen molar-refractivity contribution in [3.05, 3.63) is 34.9 Å². The average Bonchev–Trinajstić information content (AvgIpc) is 3.56. The summed E-state index contributed by atoms with van der Waals surface area (Å²) in [5, 5.41) is 57.7. The average molecular weight is 819 g/mol. The maximum atomic E-state index is 14.6. The molecule has 6 rings (SSSR count). The molecule has 2 saturated heterocycles. The second kappa shape index (κ2) is 14.9. The molecule has 16 nitrogen and oxygen atoms in total. The lowest BCUT2D eigenvalue weighted by Gasteiger charge is -2.53. The van der Waals surface area contributed by atoms with E-state index >= 15 is 0 Å². The molecule has 0 unspecified atom stereocenters. The third kappa shape index (κ3) is 6.67. The number of aliphatic hydroxyl groups is 5. The van der Waals surface area contributed by atoms with Crippen LogP contribution in [0.4, 0.5) is 0 Å². The first-order chi connectivity index (χ1) is 26.9. The highest BCUT2D eigenvalue weighted by Crippen LogP contribution is 2.77. The number of fused-ring (bicyclic) bond motifs is 5. The summed E-state index contributed by atoms with van der Waals surface area (Å²) in [6.07, 6.45) is -1.73. The van der Waals surface area contributed by atoms with E-state index in [4.69, 9.17) is 28.4 Å². The van der Waals surface area contributed by atoms with Gasteiger partial charge in [0.05, 0.1) is 43.5 Å². The number of rotatable bonds is 9. The summed E-state index contributed by atoms with van der Waals surface area (Å²) in [6, 6.07) is 0. The predicted molar refractivity (Wildman–Crippen MR) is 200 cm³/mol. The molecule has 4 fully saturated rings. The van der Waals surface area contributed by atoms with Crippen LogP contribution in [0.2, 0.25) is 0 Å². The summed E-state index contributed by atoms with van der Waals surface area (Å²) >= 11 is 0. The van der Waals surface area contributed by atoms with Crippen LogP contribution in [0.5, 0.6) is 0 Å². The SMILES string of the molecule is COC(=O)/C=C1/C[C@@H](C[C@]2(O)O[C@H](CO)C[C@H](OC(C)=O)C2(C)C)O[C@@H](C(=O)O[C@@H]2[C@@H](C)[C@@]3(O)[C@@H](C=C(CO)C[C@]4(O)C(=O)C(C)=C[C@@H]34)[C@@H]3C(C)(C)[C@]23OC(C)=O)C1. The van der Waals surface area contributed by atoms with Crippen LogP contribution in [0.25, 0.3) is 0 Å². The van der Waals surface area contributed by atoms with Crippen molar-refractivity contribution in [2.24, 2.45) is 34.5 Å². The fraction of sp³-hybridized carbons (Fsp3) is 0.738. The van der Waals surface area contributed by atoms with Gasteiger partial charge in [0.15, 0.2) is 23.3 Å². The minimum Gasteiger partial charge on any atom is -0.466 e. The fourth-order valence-electron chi connectivity index (χ4n) is 11.2. The molecule has 2 heterocycles. The van der Waals surface area contributed by atoms with E-state index in [2.05, 4.69) is 0 Å². The van der Waals surface area contributed by atoms with Gasteiger partial charge in [-0.2, -0.15) is 0 Å². The van der Waals surface area contributed by atoms with E-state index in [0.29, 0.717) is 11.1 Å². The lowest BCUT2D eigenvalue weighted by Crippen LogP contribution is -2.66. The van der Waals surface area contributed by atoms with Crippen molar-refractivity contribution in [2.45, 2.75) is 141 Å². The van der Waals surface area contributed by atoms with E-state index in [-0.39, 0.29) is 37.7 Å². The molecule has 13 atom stereocenters. The summed E-state index contributed by atoms with van der Waals surface area (Å²) in [4.78, 5) is 65.6. The van der Waals surface area contributed by atoms with Gasteiger partial charge >= 0.3 is 23.9 Å². The van der Waals surface area contributed by atoms with E-state index in [1.807, 2.05) is 13.8 Å². The molecule has 0 amide bonds. The number of hydrogen-bond acceptors (Lipinski definition) is 16. The van der Waals surface area contributed by atoms with Crippen LogP contribution in [0.15, 0.2) is 34.9 Å². The van der Waals surface area contributed by atoms with Crippen LogP contribution >= 0.6 is 0 Å². The molecule has 16 heteroatoms. The first-order valence-electron chi connectivity index (χ1n) is 19.9. The van der Waals surface area contributed by atoms with Crippen LogP contribution in [0.3, 0.4) is 0 Å². The summed E-state index contributed by atoms with van der Waals surface area (Å²) < 4.78 is 35.3. The second-order valence-electron chi connectivity index (χ2n) is 18.3. The molecule has 322 valence electrons. The molecule has 2 aliphatic heterocycles. The Morgan fingerprint density at radius 1 is 0.948 bits per heavy atom. The lowest BCUT2D eigenvalue weighted by atomic mass is 9.59. The Balaban J connectivity index is 1.38. The van der Waals surface area contributed by atoms with Gasteiger partial charge in [0, 0.05) is 74.7 Å². The van der Waals surface area contributed by atoms with E-state index in [0.717, 1.165) is 0 Å².